The van der Waals surface area contributed by atoms with Crippen molar-refractivity contribution in [1.29, 1.82) is 0 Å². The molecule has 0 bridgehead atoms. The maximum Gasteiger partial charge on any atom is 0.163 e. The molecule has 1 aliphatic rings. The van der Waals surface area contributed by atoms with Crippen LogP contribution in [0.25, 0.3) is 22.4 Å². The van der Waals surface area contributed by atoms with Crippen molar-refractivity contribution in [1.82, 2.24) is 9.88 Å². The van der Waals surface area contributed by atoms with Gasteiger partial charge in [0.25, 0.3) is 0 Å². The monoisotopic (exact) mass is 400 g/mol. The third-order valence-corrected chi connectivity index (χ3v) is 5.42. The van der Waals surface area contributed by atoms with Gasteiger partial charge in [-0.3, -0.25) is 0 Å². The molecule has 3 heterocycles. The predicted molar refractivity (Wildman–Crippen MR) is 112 cm³/mol. The van der Waals surface area contributed by atoms with Crippen LogP contribution < -0.4 is 9.47 Å². The van der Waals surface area contributed by atoms with Gasteiger partial charge in [0, 0.05) is 18.0 Å². The van der Waals surface area contributed by atoms with Gasteiger partial charge in [-0.15, -0.1) is 0 Å². The van der Waals surface area contributed by atoms with Gasteiger partial charge in [0.2, 0.25) is 0 Å². The van der Waals surface area contributed by atoms with Crippen LogP contribution in [0.2, 0.25) is 5.02 Å². The zero-order valence-corrected chi connectivity index (χ0v) is 17.1. The fraction of sp³-hybridized carbons (Fsp3) is 0.409. The van der Waals surface area contributed by atoms with E-state index in [1.165, 1.54) is 25.9 Å². The summed E-state index contributed by atoms with van der Waals surface area (Å²) in [4.78, 5) is 7.21. The Morgan fingerprint density at radius 3 is 2.68 bits per heavy atom. The summed E-state index contributed by atoms with van der Waals surface area (Å²) in [5, 5.41) is 1.43. The second-order valence-electron chi connectivity index (χ2n) is 7.17. The molecule has 1 fully saturated rings. The standard InChI is InChI=1S/C22H25ClN2O3/c1-15-6-7-20(28-15)19-13-17(23)16-12-21(26-2)22(14-18(16)24-19)27-11-5-10-25-8-3-4-9-25/h6-7,12-14H,3-5,8-11H2,1-2H3. The van der Waals surface area contributed by atoms with E-state index in [9.17, 15) is 0 Å². The number of aryl methyl sites for hydroxylation is 1. The van der Waals surface area contributed by atoms with Gasteiger partial charge in [-0.1, -0.05) is 11.6 Å². The summed E-state index contributed by atoms with van der Waals surface area (Å²) in [6, 6.07) is 9.42. The Kier molecular flexibility index (Phi) is 5.74. The van der Waals surface area contributed by atoms with Crippen LogP contribution in [-0.4, -0.2) is 43.2 Å². The molecule has 6 heteroatoms. The van der Waals surface area contributed by atoms with E-state index in [2.05, 4.69) is 4.90 Å². The zero-order valence-electron chi connectivity index (χ0n) is 16.3. The van der Waals surface area contributed by atoms with Crippen LogP contribution in [0.15, 0.2) is 34.7 Å². The normalized spacial score (nSPS) is 14.7. The lowest BCUT2D eigenvalue weighted by molar-refractivity contribution is 0.254. The first kappa shape index (κ1) is 19.1. The largest absolute Gasteiger partial charge is 0.493 e. The van der Waals surface area contributed by atoms with Crippen molar-refractivity contribution in [2.24, 2.45) is 0 Å². The second kappa shape index (κ2) is 8.41. The number of fused-ring (bicyclic) bond motifs is 1. The SMILES string of the molecule is COc1cc2c(Cl)cc(-c3ccc(C)o3)nc2cc1OCCCN1CCCC1. The first-order chi connectivity index (χ1) is 13.6. The average Bonchev–Trinajstić information content (AvgIpc) is 3.36. The maximum atomic E-state index is 6.52. The number of aromatic nitrogens is 1. The fourth-order valence-electron chi connectivity index (χ4n) is 3.64. The summed E-state index contributed by atoms with van der Waals surface area (Å²) in [5.41, 5.74) is 1.46. The number of hydrogen-bond donors (Lipinski definition) is 0. The van der Waals surface area contributed by atoms with Gasteiger partial charge in [0.05, 0.1) is 24.3 Å². The molecule has 5 nitrogen and oxygen atoms in total. The molecule has 3 aromatic rings. The quantitative estimate of drug-likeness (QED) is 0.501. The molecule has 148 valence electrons. The first-order valence-electron chi connectivity index (χ1n) is 9.74. The minimum atomic E-state index is 0.605. The molecule has 1 saturated heterocycles. The van der Waals surface area contributed by atoms with Gasteiger partial charge in [-0.25, -0.2) is 4.98 Å². The molecule has 2 aromatic heterocycles. The molecule has 0 spiro atoms. The summed E-state index contributed by atoms with van der Waals surface area (Å²) in [6.45, 7) is 6.03. The van der Waals surface area contributed by atoms with Crippen molar-refractivity contribution in [2.45, 2.75) is 26.2 Å². The van der Waals surface area contributed by atoms with Crippen LogP contribution in [0, 0.1) is 6.92 Å². The van der Waals surface area contributed by atoms with Gasteiger partial charge in [0.1, 0.15) is 11.5 Å². The Morgan fingerprint density at radius 2 is 1.96 bits per heavy atom. The summed E-state index contributed by atoms with van der Waals surface area (Å²) < 4.78 is 17.2. The van der Waals surface area contributed by atoms with Crippen LogP contribution >= 0.6 is 11.6 Å². The van der Waals surface area contributed by atoms with E-state index in [1.807, 2.05) is 37.3 Å². The van der Waals surface area contributed by atoms with Gasteiger partial charge in [-0.2, -0.15) is 0 Å². The van der Waals surface area contributed by atoms with Crippen molar-refractivity contribution in [3.8, 4) is 23.0 Å². The Labute approximate surface area is 170 Å². The highest BCUT2D eigenvalue weighted by atomic mass is 35.5. The Bertz CT molecular complexity index is 964. The van der Waals surface area contributed by atoms with Crippen LogP contribution in [-0.2, 0) is 0 Å². The summed E-state index contributed by atoms with van der Waals surface area (Å²) >= 11 is 6.52. The van der Waals surface area contributed by atoms with Crippen LogP contribution in [0.5, 0.6) is 11.5 Å². The molecule has 0 radical (unpaired) electrons. The lowest BCUT2D eigenvalue weighted by Gasteiger charge is -2.16. The maximum absolute atomic E-state index is 6.52. The highest BCUT2D eigenvalue weighted by Crippen LogP contribution is 2.36. The molecular weight excluding hydrogens is 376 g/mol. The zero-order chi connectivity index (χ0) is 19.5. The summed E-state index contributed by atoms with van der Waals surface area (Å²) in [5.74, 6) is 2.89. The average molecular weight is 401 g/mol. The van der Waals surface area contributed by atoms with Crippen molar-refractivity contribution < 1.29 is 13.9 Å². The van der Waals surface area contributed by atoms with Gasteiger partial charge >= 0.3 is 0 Å². The first-order valence-corrected chi connectivity index (χ1v) is 10.1. The molecule has 28 heavy (non-hydrogen) atoms. The van der Waals surface area contributed by atoms with Crippen molar-refractivity contribution in [3.05, 3.63) is 41.1 Å². The summed E-state index contributed by atoms with van der Waals surface area (Å²) in [7, 11) is 1.64. The molecule has 0 amide bonds. The van der Waals surface area contributed by atoms with E-state index >= 15 is 0 Å². The van der Waals surface area contributed by atoms with E-state index < -0.39 is 0 Å². The third-order valence-electron chi connectivity index (χ3n) is 5.11. The number of ether oxygens (including phenoxy) is 2. The van der Waals surface area contributed by atoms with Crippen molar-refractivity contribution >= 4 is 22.5 Å². The van der Waals surface area contributed by atoms with Gasteiger partial charge < -0.3 is 18.8 Å². The lowest BCUT2D eigenvalue weighted by Crippen LogP contribution is -2.21. The summed E-state index contributed by atoms with van der Waals surface area (Å²) in [6.07, 6.45) is 3.60. The third kappa shape index (κ3) is 4.10. The van der Waals surface area contributed by atoms with Crippen LogP contribution in [0.1, 0.15) is 25.0 Å². The molecule has 1 aromatic carbocycles. The number of nitrogens with zero attached hydrogens (tertiary/aromatic N) is 2. The Hall–Kier alpha value is -2.24. The van der Waals surface area contributed by atoms with Gasteiger partial charge in [0.15, 0.2) is 17.3 Å². The number of likely N-dealkylation sites (tertiary alicyclic amines) is 1. The minimum Gasteiger partial charge on any atom is -0.493 e. The predicted octanol–water partition coefficient (Wildman–Crippen LogP) is 5.33. The lowest BCUT2D eigenvalue weighted by atomic mass is 10.1. The van der Waals surface area contributed by atoms with E-state index in [0.29, 0.717) is 34.6 Å². The van der Waals surface area contributed by atoms with Gasteiger partial charge in [-0.05, 0) is 63.5 Å². The molecular formula is C22H25ClN2O3. The van der Waals surface area contributed by atoms with E-state index in [0.717, 1.165) is 29.6 Å². The number of hydrogen-bond acceptors (Lipinski definition) is 5. The molecule has 0 N–H and O–H groups in total. The Balaban J connectivity index is 1.56. The number of benzene rings is 1. The molecule has 1 aliphatic heterocycles. The van der Waals surface area contributed by atoms with Crippen molar-refractivity contribution in [2.75, 3.05) is 33.4 Å². The van der Waals surface area contributed by atoms with E-state index in [4.69, 9.17) is 30.5 Å². The molecule has 4 rings (SSSR count). The van der Waals surface area contributed by atoms with Crippen molar-refractivity contribution in [3.63, 3.8) is 0 Å². The topological polar surface area (TPSA) is 47.7 Å². The van der Waals surface area contributed by atoms with E-state index in [-0.39, 0.29) is 0 Å². The number of rotatable bonds is 7. The van der Waals surface area contributed by atoms with Crippen LogP contribution in [0.3, 0.4) is 0 Å². The highest BCUT2D eigenvalue weighted by molar-refractivity contribution is 6.35. The number of halogens is 1. The van der Waals surface area contributed by atoms with Crippen LogP contribution in [0.4, 0.5) is 0 Å². The highest BCUT2D eigenvalue weighted by Gasteiger charge is 2.15. The van der Waals surface area contributed by atoms with E-state index in [1.54, 1.807) is 7.11 Å². The molecule has 0 aliphatic carbocycles. The molecule has 0 unspecified atom stereocenters. The Morgan fingerprint density at radius 1 is 1.14 bits per heavy atom. The number of furan rings is 1. The number of pyridine rings is 1. The molecule has 0 saturated carbocycles. The minimum absolute atomic E-state index is 0.605. The fourth-order valence-corrected chi connectivity index (χ4v) is 3.89. The molecule has 0 atom stereocenters. The second-order valence-corrected chi connectivity index (χ2v) is 7.58. The smallest absolute Gasteiger partial charge is 0.163 e. The number of methoxy groups -OCH3 is 1.